The maximum Gasteiger partial charge on any atom is 0.328 e. The summed E-state index contributed by atoms with van der Waals surface area (Å²) in [5.41, 5.74) is 2.84. The van der Waals surface area contributed by atoms with Gasteiger partial charge in [0.25, 0.3) is 5.91 Å². The first-order chi connectivity index (χ1) is 12.9. The van der Waals surface area contributed by atoms with E-state index in [1.807, 2.05) is 10.9 Å². The lowest BCUT2D eigenvalue weighted by molar-refractivity contribution is -0.140. The Hall–Kier alpha value is -2.68. The minimum absolute atomic E-state index is 0.103. The Morgan fingerprint density at radius 2 is 1.89 bits per heavy atom. The summed E-state index contributed by atoms with van der Waals surface area (Å²) >= 11 is 0. The quantitative estimate of drug-likeness (QED) is 0.811. The third-order valence-corrected chi connectivity index (χ3v) is 5.16. The van der Waals surface area contributed by atoms with Gasteiger partial charge in [-0.2, -0.15) is 10.2 Å². The maximum absolute atomic E-state index is 12.7. The van der Waals surface area contributed by atoms with Crippen LogP contribution in [0.4, 0.5) is 0 Å². The van der Waals surface area contributed by atoms with Crippen LogP contribution < -0.4 is 0 Å². The van der Waals surface area contributed by atoms with Gasteiger partial charge in [0.1, 0.15) is 6.04 Å². The summed E-state index contributed by atoms with van der Waals surface area (Å²) < 4.78 is 3.30. The zero-order valence-corrected chi connectivity index (χ0v) is 16.0. The summed E-state index contributed by atoms with van der Waals surface area (Å²) in [6.07, 6.45) is 4.88. The lowest BCUT2D eigenvalue weighted by Crippen LogP contribution is -2.48. The van der Waals surface area contributed by atoms with Crippen molar-refractivity contribution in [3.8, 4) is 0 Å². The maximum atomic E-state index is 12.7. The highest BCUT2D eigenvalue weighted by Gasteiger charge is 2.25. The molecule has 0 aliphatic carbocycles. The molecule has 1 amide bonds. The van der Waals surface area contributed by atoms with Crippen LogP contribution >= 0.6 is 0 Å². The van der Waals surface area contributed by atoms with E-state index in [2.05, 4.69) is 28.9 Å². The Bertz CT molecular complexity index is 819. The van der Waals surface area contributed by atoms with Gasteiger partial charge in [0.15, 0.2) is 0 Å². The standard InChI is InChI=1S/C18H26N6O3/c1-4-23-13(2)15(9-19-23)11-21-5-7-22(8-6-21)17(25)16-10-20-24(12-16)14(3)18(26)27/h9-10,12,14H,4-8,11H2,1-3H3,(H,26,27). The third-order valence-electron chi connectivity index (χ3n) is 5.16. The summed E-state index contributed by atoms with van der Waals surface area (Å²) in [7, 11) is 0. The minimum atomic E-state index is -0.979. The van der Waals surface area contributed by atoms with Crippen LogP contribution in [0.1, 0.15) is 41.5 Å². The first kappa shape index (κ1) is 19.1. The van der Waals surface area contributed by atoms with Crippen molar-refractivity contribution in [1.29, 1.82) is 0 Å². The lowest BCUT2D eigenvalue weighted by atomic mass is 10.2. The molecule has 27 heavy (non-hydrogen) atoms. The van der Waals surface area contributed by atoms with Crippen molar-refractivity contribution in [2.75, 3.05) is 26.2 Å². The van der Waals surface area contributed by atoms with Crippen LogP contribution in [-0.4, -0.2) is 72.5 Å². The van der Waals surface area contributed by atoms with Crippen molar-refractivity contribution in [2.24, 2.45) is 0 Å². The molecule has 0 radical (unpaired) electrons. The highest BCUT2D eigenvalue weighted by atomic mass is 16.4. The van der Waals surface area contributed by atoms with Crippen LogP contribution in [0.2, 0.25) is 0 Å². The molecule has 146 valence electrons. The summed E-state index contributed by atoms with van der Waals surface area (Å²) in [6.45, 7) is 10.3. The second-order valence-electron chi connectivity index (χ2n) is 6.86. The van der Waals surface area contributed by atoms with E-state index in [1.165, 1.54) is 35.3 Å². The summed E-state index contributed by atoms with van der Waals surface area (Å²) in [6, 6.07) is -0.796. The number of carboxylic acid groups (broad SMARTS) is 1. The molecule has 2 aromatic rings. The summed E-state index contributed by atoms with van der Waals surface area (Å²) in [5, 5.41) is 17.5. The largest absolute Gasteiger partial charge is 0.480 e. The van der Waals surface area contributed by atoms with Crippen LogP contribution in [0, 0.1) is 6.92 Å². The SMILES string of the molecule is CCn1ncc(CN2CCN(C(=O)c3cnn(C(C)C(=O)O)c3)CC2)c1C. The van der Waals surface area contributed by atoms with E-state index in [9.17, 15) is 9.59 Å². The number of nitrogens with zero attached hydrogens (tertiary/aromatic N) is 6. The lowest BCUT2D eigenvalue weighted by Gasteiger charge is -2.34. The average molecular weight is 374 g/mol. The zero-order valence-electron chi connectivity index (χ0n) is 16.0. The van der Waals surface area contributed by atoms with Gasteiger partial charge < -0.3 is 10.0 Å². The molecular formula is C18H26N6O3. The van der Waals surface area contributed by atoms with Crippen molar-refractivity contribution in [1.82, 2.24) is 29.4 Å². The van der Waals surface area contributed by atoms with Gasteiger partial charge >= 0.3 is 5.97 Å². The van der Waals surface area contributed by atoms with Gasteiger partial charge in [0.2, 0.25) is 0 Å². The smallest absolute Gasteiger partial charge is 0.328 e. The molecule has 1 aliphatic heterocycles. The van der Waals surface area contributed by atoms with Gasteiger partial charge in [-0.25, -0.2) is 4.79 Å². The molecular weight excluding hydrogens is 348 g/mol. The van der Waals surface area contributed by atoms with Crippen molar-refractivity contribution < 1.29 is 14.7 Å². The molecule has 0 spiro atoms. The zero-order chi connectivity index (χ0) is 19.6. The molecule has 1 unspecified atom stereocenters. The van der Waals surface area contributed by atoms with Gasteiger partial charge in [0, 0.05) is 56.7 Å². The minimum Gasteiger partial charge on any atom is -0.480 e. The van der Waals surface area contributed by atoms with Crippen LogP contribution in [0.5, 0.6) is 0 Å². The van der Waals surface area contributed by atoms with E-state index in [4.69, 9.17) is 5.11 Å². The molecule has 1 aliphatic rings. The second-order valence-corrected chi connectivity index (χ2v) is 6.86. The molecule has 0 bridgehead atoms. The van der Waals surface area contributed by atoms with E-state index in [1.54, 1.807) is 4.90 Å². The number of hydrogen-bond donors (Lipinski definition) is 1. The van der Waals surface area contributed by atoms with Crippen molar-refractivity contribution >= 4 is 11.9 Å². The number of aryl methyl sites for hydroxylation is 1. The fourth-order valence-corrected chi connectivity index (χ4v) is 3.27. The highest BCUT2D eigenvalue weighted by Crippen LogP contribution is 2.15. The van der Waals surface area contributed by atoms with E-state index in [-0.39, 0.29) is 5.91 Å². The molecule has 9 nitrogen and oxygen atoms in total. The second kappa shape index (κ2) is 7.91. The number of aromatic nitrogens is 4. The molecule has 1 atom stereocenters. The van der Waals surface area contributed by atoms with Crippen molar-refractivity contribution in [3.63, 3.8) is 0 Å². The Balaban J connectivity index is 1.56. The normalized spacial score (nSPS) is 16.5. The molecule has 1 N–H and O–H groups in total. The summed E-state index contributed by atoms with van der Waals surface area (Å²) in [4.78, 5) is 27.8. The van der Waals surface area contributed by atoms with Gasteiger partial charge in [-0.15, -0.1) is 0 Å². The Morgan fingerprint density at radius 1 is 1.19 bits per heavy atom. The monoisotopic (exact) mass is 374 g/mol. The first-order valence-electron chi connectivity index (χ1n) is 9.20. The van der Waals surface area contributed by atoms with Crippen LogP contribution in [0.15, 0.2) is 18.6 Å². The Morgan fingerprint density at radius 3 is 2.48 bits per heavy atom. The number of carbonyl (C=O) groups excluding carboxylic acids is 1. The number of amides is 1. The molecule has 9 heteroatoms. The number of carboxylic acids is 1. The van der Waals surface area contributed by atoms with E-state index >= 15 is 0 Å². The van der Waals surface area contributed by atoms with E-state index < -0.39 is 12.0 Å². The molecule has 2 aromatic heterocycles. The number of hydrogen-bond acceptors (Lipinski definition) is 5. The highest BCUT2D eigenvalue weighted by molar-refractivity contribution is 5.93. The van der Waals surface area contributed by atoms with Gasteiger partial charge in [-0.3, -0.25) is 19.1 Å². The van der Waals surface area contributed by atoms with Crippen molar-refractivity contribution in [3.05, 3.63) is 35.4 Å². The predicted molar refractivity (Wildman–Crippen MR) is 98.4 cm³/mol. The van der Waals surface area contributed by atoms with Crippen molar-refractivity contribution in [2.45, 2.75) is 39.9 Å². The van der Waals surface area contributed by atoms with Gasteiger partial charge in [-0.05, 0) is 20.8 Å². The predicted octanol–water partition coefficient (Wildman–Crippen LogP) is 1.01. The van der Waals surface area contributed by atoms with Gasteiger partial charge in [0.05, 0.1) is 18.0 Å². The van der Waals surface area contributed by atoms with Crippen LogP contribution in [0.3, 0.4) is 0 Å². The van der Waals surface area contributed by atoms with Crippen LogP contribution in [0.25, 0.3) is 0 Å². The topological polar surface area (TPSA) is 96.5 Å². The van der Waals surface area contributed by atoms with E-state index in [0.29, 0.717) is 18.7 Å². The molecule has 3 heterocycles. The Labute approximate surface area is 158 Å². The van der Waals surface area contributed by atoms with Crippen LogP contribution in [-0.2, 0) is 17.9 Å². The fraction of sp³-hybridized carbons (Fsp3) is 0.556. The third kappa shape index (κ3) is 4.02. The number of aliphatic carboxylic acids is 1. The number of piperazine rings is 1. The molecule has 0 aromatic carbocycles. The average Bonchev–Trinajstić information content (AvgIpc) is 3.29. The summed E-state index contributed by atoms with van der Waals surface area (Å²) in [5.74, 6) is -1.08. The number of carbonyl (C=O) groups is 2. The fourth-order valence-electron chi connectivity index (χ4n) is 3.27. The molecule has 1 saturated heterocycles. The molecule has 3 rings (SSSR count). The number of rotatable bonds is 6. The molecule has 1 fully saturated rings. The first-order valence-corrected chi connectivity index (χ1v) is 9.20. The molecule has 0 saturated carbocycles. The Kier molecular flexibility index (Phi) is 5.59. The van der Waals surface area contributed by atoms with E-state index in [0.717, 1.165) is 26.2 Å². The van der Waals surface area contributed by atoms with Gasteiger partial charge in [-0.1, -0.05) is 0 Å².